The molecule has 1 saturated heterocycles. The molecule has 0 aromatic carbocycles. The molecule has 2 aliphatic rings. The largest absolute Gasteiger partial charge is 0.393 e. The van der Waals surface area contributed by atoms with Crippen LogP contribution in [0.15, 0.2) is 0 Å². The summed E-state index contributed by atoms with van der Waals surface area (Å²) in [5.74, 6) is -0.686. The number of halogens is 3. The van der Waals surface area contributed by atoms with Gasteiger partial charge in [-0.2, -0.15) is 13.2 Å². The highest BCUT2D eigenvalue weighted by Crippen LogP contribution is 2.45. The van der Waals surface area contributed by atoms with Crippen molar-refractivity contribution in [1.29, 1.82) is 0 Å². The average Bonchev–Trinajstić information content (AvgIpc) is 3.20. The van der Waals surface area contributed by atoms with Crippen LogP contribution in [0.3, 0.4) is 0 Å². The molecule has 0 spiro atoms. The van der Waals surface area contributed by atoms with Crippen molar-refractivity contribution in [3.05, 3.63) is 10.6 Å². The molecular formula is C14H20F3N3S. The Morgan fingerprint density at radius 1 is 1.33 bits per heavy atom. The number of nitrogens with zero attached hydrogens (tertiary/aromatic N) is 2. The number of rotatable bonds is 4. The van der Waals surface area contributed by atoms with Gasteiger partial charge in [0.2, 0.25) is 0 Å². The Hall–Kier alpha value is -0.820. The number of aromatic nitrogens is 1. The fourth-order valence-corrected chi connectivity index (χ4v) is 4.06. The highest BCUT2D eigenvalue weighted by molar-refractivity contribution is 7.15. The van der Waals surface area contributed by atoms with Crippen molar-refractivity contribution in [3.63, 3.8) is 0 Å². The number of thiazole rings is 1. The van der Waals surface area contributed by atoms with Gasteiger partial charge in [-0.15, -0.1) is 11.3 Å². The maximum absolute atomic E-state index is 12.9. The van der Waals surface area contributed by atoms with Crippen molar-refractivity contribution in [2.75, 3.05) is 25.0 Å². The third kappa shape index (κ3) is 3.34. The first-order valence-electron chi connectivity index (χ1n) is 7.45. The van der Waals surface area contributed by atoms with Crippen molar-refractivity contribution < 1.29 is 13.2 Å². The number of alkyl halides is 3. The molecule has 1 saturated carbocycles. The fraction of sp³-hybridized carbons (Fsp3) is 0.786. The van der Waals surface area contributed by atoms with Gasteiger partial charge < -0.3 is 10.2 Å². The highest BCUT2D eigenvalue weighted by atomic mass is 32.1. The molecule has 1 aromatic heterocycles. The van der Waals surface area contributed by atoms with E-state index in [0.29, 0.717) is 18.9 Å². The lowest BCUT2D eigenvalue weighted by atomic mass is 9.98. The first-order valence-corrected chi connectivity index (χ1v) is 8.26. The van der Waals surface area contributed by atoms with E-state index in [2.05, 4.69) is 10.3 Å². The minimum absolute atomic E-state index is 0.0557. The lowest BCUT2D eigenvalue weighted by Crippen LogP contribution is -2.41. The fourth-order valence-electron chi connectivity index (χ4n) is 2.87. The quantitative estimate of drug-likeness (QED) is 0.920. The maximum atomic E-state index is 12.9. The lowest BCUT2D eigenvalue weighted by molar-refractivity contribution is -0.175. The zero-order valence-electron chi connectivity index (χ0n) is 12.0. The Kier molecular flexibility index (Phi) is 4.14. The molecule has 0 amide bonds. The molecule has 3 nitrogen and oxygen atoms in total. The maximum Gasteiger partial charge on any atom is 0.393 e. The molecule has 2 fully saturated rings. The summed E-state index contributed by atoms with van der Waals surface area (Å²) in [5.41, 5.74) is 1.11. The van der Waals surface area contributed by atoms with Gasteiger partial charge in [-0.05, 0) is 32.7 Å². The van der Waals surface area contributed by atoms with E-state index >= 15 is 0 Å². The first kappa shape index (κ1) is 15.1. The molecule has 2 heterocycles. The standard InChI is InChI=1S/C14H20F3N3S/c1-18-7-11-12(9-4-5-9)19-13(21-11)20-6-2-3-10(8-20)14(15,16)17/h9-10,18H,2-8H2,1H3. The summed E-state index contributed by atoms with van der Waals surface area (Å²) in [6.45, 7) is 1.49. The van der Waals surface area contributed by atoms with E-state index in [0.717, 1.165) is 30.2 Å². The third-order valence-electron chi connectivity index (χ3n) is 4.17. The molecule has 1 aromatic rings. The van der Waals surface area contributed by atoms with E-state index in [4.69, 9.17) is 0 Å². The van der Waals surface area contributed by atoms with Gasteiger partial charge in [-0.3, -0.25) is 0 Å². The average molecular weight is 319 g/mol. The summed E-state index contributed by atoms with van der Waals surface area (Å²) in [7, 11) is 1.89. The van der Waals surface area contributed by atoms with E-state index < -0.39 is 12.1 Å². The second-order valence-electron chi connectivity index (χ2n) is 5.94. The molecule has 0 bridgehead atoms. The summed E-state index contributed by atoms with van der Waals surface area (Å²) in [6.07, 6.45) is -0.951. The van der Waals surface area contributed by atoms with Crippen LogP contribution in [0.4, 0.5) is 18.3 Å². The van der Waals surface area contributed by atoms with E-state index in [1.165, 1.54) is 4.88 Å². The van der Waals surface area contributed by atoms with Gasteiger partial charge in [0.1, 0.15) is 0 Å². The molecule has 1 aliphatic carbocycles. The molecule has 0 radical (unpaired) electrons. The van der Waals surface area contributed by atoms with Crippen LogP contribution in [-0.2, 0) is 6.54 Å². The number of nitrogens with one attached hydrogen (secondary N) is 1. The van der Waals surface area contributed by atoms with Gasteiger partial charge in [0, 0.05) is 30.4 Å². The SMILES string of the molecule is CNCc1sc(N2CCCC(C(F)(F)F)C2)nc1C1CC1. The van der Waals surface area contributed by atoms with Crippen LogP contribution >= 0.6 is 11.3 Å². The zero-order valence-corrected chi connectivity index (χ0v) is 12.9. The summed E-state index contributed by atoms with van der Waals surface area (Å²) >= 11 is 1.56. The molecule has 21 heavy (non-hydrogen) atoms. The Morgan fingerprint density at radius 2 is 2.10 bits per heavy atom. The molecule has 1 unspecified atom stereocenters. The predicted octanol–water partition coefficient (Wildman–Crippen LogP) is 3.52. The van der Waals surface area contributed by atoms with Gasteiger partial charge in [-0.25, -0.2) is 4.98 Å². The number of hydrogen-bond donors (Lipinski definition) is 1. The Balaban J connectivity index is 1.78. The topological polar surface area (TPSA) is 28.2 Å². The second-order valence-corrected chi connectivity index (χ2v) is 7.00. The van der Waals surface area contributed by atoms with Crippen molar-refractivity contribution in [1.82, 2.24) is 10.3 Å². The first-order chi connectivity index (χ1) is 9.99. The molecule has 1 aliphatic heterocycles. The third-order valence-corrected chi connectivity index (χ3v) is 5.30. The second kappa shape index (κ2) is 5.76. The number of piperidine rings is 1. The van der Waals surface area contributed by atoms with E-state index in [9.17, 15) is 13.2 Å². The minimum atomic E-state index is -4.09. The molecular weight excluding hydrogens is 299 g/mol. The smallest absolute Gasteiger partial charge is 0.347 e. The van der Waals surface area contributed by atoms with Crippen LogP contribution in [0.1, 0.15) is 42.2 Å². The normalized spacial score (nSPS) is 23.6. The van der Waals surface area contributed by atoms with E-state index in [1.807, 2.05) is 11.9 Å². The molecule has 3 rings (SSSR count). The monoisotopic (exact) mass is 319 g/mol. The Labute approximate surface area is 126 Å². The van der Waals surface area contributed by atoms with Gasteiger partial charge in [0.15, 0.2) is 5.13 Å². The minimum Gasteiger partial charge on any atom is -0.347 e. The van der Waals surface area contributed by atoms with Gasteiger partial charge >= 0.3 is 6.18 Å². The van der Waals surface area contributed by atoms with Crippen molar-refractivity contribution in [2.24, 2.45) is 5.92 Å². The summed E-state index contributed by atoms with van der Waals surface area (Å²) in [4.78, 5) is 7.68. The van der Waals surface area contributed by atoms with Crippen LogP contribution in [0.25, 0.3) is 0 Å². The van der Waals surface area contributed by atoms with E-state index in [1.54, 1.807) is 11.3 Å². The molecule has 1 atom stereocenters. The highest BCUT2D eigenvalue weighted by Gasteiger charge is 2.42. The van der Waals surface area contributed by atoms with Crippen LogP contribution in [-0.4, -0.2) is 31.3 Å². The van der Waals surface area contributed by atoms with Crippen molar-refractivity contribution in [2.45, 2.75) is 44.3 Å². The zero-order chi connectivity index (χ0) is 15.0. The van der Waals surface area contributed by atoms with Crippen molar-refractivity contribution in [3.8, 4) is 0 Å². The van der Waals surface area contributed by atoms with Crippen LogP contribution in [0, 0.1) is 5.92 Å². The summed E-state index contributed by atoms with van der Waals surface area (Å²) in [5, 5.41) is 3.90. The van der Waals surface area contributed by atoms with Gasteiger partial charge in [-0.1, -0.05) is 0 Å². The van der Waals surface area contributed by atoms with Gasteiger partial charge in [0.05, 0.1) is 11.6 Å². The Bertz CT molecular complexity index is 496. The molecule has 1 N–H and O–H groups in total. The summed E-state index contributed by atoms with van der Waals surface area (Å²) < 4.78 is 38.8. The summed E-state index contributed by atoms with van der Waals surface area (Å²) in [6, 6.07) is 0. The molecule has 118 valence electrons. The number of hydrogen-bond acceptors (Lipinski definition) is 4. The predicted molar refractivity (Wildman–Crippen MR) is 77.8 cm³/mol. The van der Waals surface area contributed by atoms with E-state index in [-0.39, 0.29) is 13.0 Å². The number of anilines is 1. The molecule has 7 heteroatoms. The lowest BCUT2D eigenvalue weighted by Gasteiger charge is -2.33. The Morgan fingerprint density at radius 3 is 2.71 bits per heavy atom. The van der Waals surface area contributed by atoms with Crippen molar-refractivity contribution >= 4 is 16.5 Å². The van der Waals surface area contributed by atoms with Crippen LogP contribution in [0.2, 0.25) is 0 Å². The van der Waals surface area contributed by atoms with Crippen LogP contribution < -0.4 is 10.2 Å². The van der Waals surface area contributed by atoms with Crippen LogP contribution in [0.5, 0.6) is 0 Å². The van der Waals surface area contributed by atoms with Gasteiger partial charge in [0.25, 0.3) is 0 Å².